The zero-order valence-electron chi connectivity index (χ0n) is 15.6. The fraction of sp³-hybridized carbons (Fsp3) is 0.250. The summed E-state index contributed by atoms with van der Waals surface area (Å²) >= 11 is 0. The van der Waals surface area contributed by atoms with Gasteiger partial charge in [0.2, 0.25) is 0 Å². The lowest BCUT2D eigenvalue weighted by Crippen LogP contribution is -2.35. The molecule has 3 aromatic carbocycles. The second-order valence-corrected chi connectivity index (χ2v) is 7.00. The molecule has 0 atom stereocenters. The van der Waals surface area contributed by atoms with Crippen LogP contribution in [0.5, 0.6) is 0 Å². The largest absolute Gasteiger partial charge is 0.381 e. The smallest absolute Gasteiger partial charge is 0.0594 e. The van der Waals surface area contributed by atoms with Crippen LogP contribution in [0.4, 0.5) is 5.69 Å². The van der Waals surface area contributed by atoms with E-state index in [4.69, 9.17) is 4.74 Å². The lowest BCUT2D eigenvalue weighted by atomic mass is 10.0. The van der Waals surface area contributed by atoms with Gasteiger partial charge < -0.3 is 10.1 Å². The van der Waals surface area contributed by atoms with Crippen molar-refractivity contribution in [1.82, 2.24) is 4.90 Å². The van der Waals surface area contributed by atoms with Crippen molar-refractivity contribution in [2.24, 2.45) is 0 Å². The van der Waals surface area contributed by atoms with Crippen LogP contribution in [0, 0.1) is 0 Å². The summed E-state index contributed by atoms with van der Waals surface area (Å²) in [5, 5.41) is 3.52. The minimum atomic E-state index is 0.831. The zero-order chi connectivity index (χ0) is 18.3. The molecule has 1 aliphatic heterocycles. The van der Waals surface area contributed by atoms with Crippen molar-refractivity contribution in [1.29, 1.82) is 0 Å². The summed E-state index contributed by atoms with van der Waals surface area (Å²) in [6.45, 7) is 5.59. The fourth-order valence-corrected chi connectivity index (χ4v) is 3.40. The maximum Gasteiger partial charge on any atom is 0.0594 e. The lowest BCUT2D eigenvalue weighted by Gasteiger charge is -2.26. The van der Waals surface area contributed by atoms with E-state index in [1.165, 1.54) is 22.3 Å². The van der Waals surface area contributed by atoms with Gasteiger partial charge in [-0.05, 0) is 34.4 Å². The van der Waals surface area contributed by atoms with E-state index in [0.29, 0.717) is 0 Å². The summed E-state index contributed by atoms with van der Waals surface area (Å²) in [6, 6.07) is 28.1. The molecular formula is C24H26N2O. The molecule has 27 heavy (non-hydrogen) atoms. The molecule has 0 amide bonds. The highest BCUT2D eigenvalue weighted by atomic mass is 16.5. The summed E-state index contributed by atoms with van der Waals surface area (Å²) in [5.41, 5.74) is 6.31. The standard InChI is InChI=1S/C24H26N2O/c1-2-4-22(5-3-1)23-10-6-20(7-11-23)18-25-24-12-8-21(9-13-24)19-26-14-16-27-17-15-26/h1-13,25H,14-19H2. The summed E-state index contributed by atoms with van der Waals surface area (Å²) in [7, 11) is 0. The topological polar surface area (TPSA) is 24.5 Å². The molecule has 1 N–H and O–H groups in total. The Morgan fingerprint density at radius 1 is 0.704 bits per heavy atom. The van der Waals surface area contributed by atoms with Crippen LogP contribution >= 0.6 is 0 Å². The van der Waals surface area contributed by atoms with Crippen LogP contribution in [0.25, 0.3) is 11.1 Å². The Balaban J connectivity index is 1.30. The predicted molar refractivity (Wildman–Crippen MR) is 112 cm³/mol. The van der Waals surface area contributed by atoms with E-state index in [1.54, 1.807) is 0 Å². The van der Waals surface area contributed by atoms with E-state index in [0.717, 1.165) is 45.1 Å². The number of rotatable bonds is 6. The summed E-state index contributed by atoms with van der Waals surface area (Å²) in [5.74, 6) is 0. The van der Waals surface area contributed by atoms with Crippen LogP contribution in [0.1, 0.15) is 11.1 Å². The Morgan fingerprint density at radius 2 is 1.33 bits per heavy atom. The average molecular weight is 358 g/mol. The molecule has 138 valence electrons. The molecule has 1 aliphatic rings. The number of anilines is 1. The van der Waals surface area contributed by atoms with Crippen molar-refractivity contribution >= 4 is 5.69 Å². The lowest BCUT2D eigenvalue weighted by molar-refractivity contribution is 0.0342. The van der Waals surface area contributed by atoms with Crippen molar-refractivity contribution in [2.45, 2.75) is 13.1 Å². The third-order valence-corrected chi connectivity index (χ3v) is 5.02. The van der Waals surface area contributed by atoms with Gasteiger partial charge in [-0.3, -0.25) is 4.90 Å². The van der Waals surface area contributed by atoms with Gasteiger partial charge in [0.25, 0.3) is 0 Å². The Morgan fingerprint density at radius 3 is 2.04 bits per heavy atom. The molecule has 0 unspecified atom stereocenters. The molecule has 3 heteroatoms. The first kappa shape index (κ1) is 17.8. The second kappa shape index (κ2) is 8.85. The van der Waals surface area contributed by atoms with Crippen LogP contribution in [-0.2, 0) is 17.8 Å². The highest BCUT2D eigenvalue weighted by molar-refractivity contribution is 5.63. The first-order valence-electron chi connectivity index (χ1n) is 9.64. The maximum atomic E-state index is 5.41. The molecule has 3 nitrogen and oxygen atoms in total. The highest BCUT2D eigenvalue weighted by Crippen LogP contribution is 2.20. The van der Waals surface area contributed by atoms with E-state index in [-0.39, 0.29) is 0 Å². The third kappa shape index (κ3) is 4.97. The minimum absolute atomic E-state index is 0.831. The fourth-order valence-electron chi connectivity index (χ4n) is 3.40. The first-order chi connectivity index (χ1) is 13.4. The summed E-state index contributed by atoms with van der Waals surface area (Å²) in [6.07, 6.45) is 0. The summed E-state index contributed by atoms with van der Waals surface area (Å²) < 4.78 is 5.41. The Kier molecular flexibility index (Phi) is 5.83. The second-order valence-electron chi connectivity index (χ2n) is 7.00. The molecule has 0 aromatic heterocycles. The van der Waals surface area contributed by atoms with Gasteiger partial charge in [-0.15, -0.1) is 0 Å². The zero-order valence-corrected chi connectivity index (χ0v) is 15.6. The Labute approximate surface area is 161 Å². The van der Waals surface area contributed by atoms with Gasteiger partial charge in [0.15, 0.2) is 0 Å². The van der Waals surface area contributed by atoms with Gasteiger partial charge in [-0.25, -0.2) is 0 Å². The van der Waals surface area contributed by atoms with Gasteiger partial charge >= 0.3 is 0 Å². The van der Waals surface area contributed by atoms with E-state index >= 15 is 0 Å². The predicted octanol–water partition coefficient (Wildman–Crippen LogP) is 4.80. The molecule has 1 heterocycles. The van der Waals surface area contributed by atoms with Gasteiger partial charge in [-0.2, -0.15) is 0 Å². The van der Waals surface area contributed by atoms with Gasteiger partial charge in [0.05, 0.1) is 13.2 Å². The SMILES string of the molecule is c1ccc(-c2ccc(CNc3ccc(CN4CCOCC4)cc3)cc2)cc1. The van der Waals surface area contributed by atoms with Crippen LogP contribution in [-0.4, -0.2) is 31.2 Å². The maximum absolute atomic E-state index is 5.41. The van der Waals surface area contributed by atoms with E-state index < -0.39 is 0 Å². The van der Waals surface area contributed by atoms with E-state index in [9.17, 15) is 0 Å². The number of morpholine rings is 1. The molecule has 1 saturated heterocycles. The molecule has 0 saturated carbocycles. The molecular weight excluding hydrogens is 332 g/mol. The van der Waals surface area contributed by atoms with Crippen LogP contribution < -0.4 is 5.32 Å². The number of nitrogens with one attached hydrogen (secondary N) is 1. The van der Waals surface area contributed by atoms with Crippen molar-refractivity contribution in [3.63, 3.8) is 0 Å². The molecule has 0 bridgehead atoms. The molecule has 4 rings (SSSR count). The van der Waals surface area contributed by atoms with E-state index in [1.807, 2.05) is 6.07 Å². The number of hydrogen-bond donors (Lipinski definition) is 1. The number of benzene rings is 3. The van der Waals surface area contributed by atoms with Crippen molar-refractivity contribution in [2.75, 3.05) is 31.6 Å². The molecule has 0 aliphatic carbocycles. The summed E-state index contributed by atoms with van der Waals surface area (Å²) in [4.78, 5) is 2.44. The number of nitrogens with zero attached hydrogens (tertiary/aromatic N) is 1. The molecule has 3 aromatic rings. The number of ether oxygens (including phenoxy) is 1. The van der Waals surface area contributed by atoms with Crippen molar-refractivity contribution < 1.29 is 4.74 Å². The highest BCUT2D eigenvalue weighted by Gasteiger charge is 2.10. The molecule has 0 radical (unpaired) electrons. The van der Waals surface area contributed by atoms with Crippen molar-refractivity contribution in [3.05, 3.63) is 90.0 Å². The Hall–Kier alpha value is -2.62. The quantitative estimate of drug-likeness (QED) is 0.685. The van der Waals surface area contributed by atoms with Gasteiger partial charge in [0.1, 0.15) is 0 Å². The van der Waals surface area contributed by atoms with Gasteiger partial charge in [0, 0.05) is 31.9 Å². The van der Waals surface area contributed by atoms with Gasteiger partial charge in [-0.1, -0.05) is 66.7 Å². The monoisotopic (exact) mass is 358 g/mol. The normalized spacial score (nSPS) is 14.8. The third-order valence-electron chi connectivity index (χ3n) is 5.02. The first-order valence-corrected chi connectivity index (χ1v) is 9.64. The molecule has 1 fully saturated rings. The minimum Gasteiger partial charge on any atom is -0.381 e. The van der Waals surface area contributed by atoms with E-state index in [2.05, 4.69) is 83.0 Å². The molecule has 0 spiro atoms. The van der Waals surface area contributed by atoms with Crippen LogP contribution in [0.15, 0.2) is 78.9 Å². The Bertz CT molecular complexity index is 823. The number of hydrogen-bond acceptors (Lipinski definition) is 3. The average Bonchev–Trinajstić information content (AvgIpc) is 2.75. The van der Waals surface area contributed by atoms with Crippen LogP contribution in [0.2, 0.25) is 0 Å². The van der Waals surface area contributed by atoms with Crippen LogP contribution in [0.3, 0.4) is 0 Å². The van der Waals surface area contributed by atoms with Crippen molar-refractivity contribution in [3.8, 4) is 11.1 Å².